The number of nitrogens with zero attached hydrogens (tertiary/aromatic N) is 1. The van der Waals surface area contributed by atoms with Gasteiger partial charge in [0.25, 0.3) is 0 Å². The number of rotatable bonds is 3. The van der Waals surface area contributed by atoms with Gasteiger partial charge in [-0.1, -0.05) is 20.3 Å². The molecule has 88 valence electrons. The van der Waals surface area contributed by atoms with Crippen LogP contribution in [-0.4, -0.2) is 29.0 Å². The number of amides is 2. The molecule has 1 aliphatic heterocycles. The molecule has 0 bridgehead atoms. The molecule has 0 radical (unpaired) electrons. The van der Waals surface area contributed by atoms with Crippen molar-refractivity contribution in [2.24, 2.45) is 17.8 Å². The van der Waals surface area contributed by atoms with E-state index >= 15 is 0 Å². The van der Waals surface area contributed by atoms with Crippen molar-refractivity contribution in [3.8, 4) is 0 Å². The lowest BCUT2D eigenvalue weighted by atomic mass is 10.00. The van der Waals surface area contributed by atoms with Crippen molar-refractivity contribution < 1.29 is 14.4 Å². The Bertz CT molecular complexity index is 326. The van der Waals surface area contributed by atoms with E-state index in [9.17, 15) is 14.4 Å². The van der Waals surface area contributed by atoms with Crippen LogP contribution in [0.5, 0.6) is 0 Å². The molecular weight excluding hydrogens is 206 g/mol. The third-order valence-electron chi connectivity index (χ3n) is 3.64. The number of hydrogen-bond donors (Lipinski definition) is 0. The molecular formula is C12H17NO3. The first-order chi connectivity index (χ1) is 7.52. The van der Waals surface area contributed by atoms with Gasteiger partial charge in [0.1, 0.15) is 0 Å². The van der Waals surface area contributed by atoms with Crippen molar-refractivity contribution in [3.05, 3.63) is 0 Å². The molecule has 2 atom stereocenters. The molecule has 0 aromatic heterocycles. The third-order valence-corrected chi connectivity index (χ3v) is 3.64. The largest absolute Gasteiger partial charge is 0.297 e. The topological polar surface area (TPSA) is 54.5 Å². The van der Waals surface area contributed by atoms with E-state index in [2.05, 4.69) is 0 Å². The van der Waals surface area contributed by atoms with Gasteiger partial charge in [0.2, 0.25) is 11.8 Å². The first-order valence-electron chi connectivity index (χ1n) is 5.90. The minimum Gasteiger partial charge on any atom is -0.297 e. The Balaban J connectivity index is 2.09. The molecule has 2 unspecified atom stereocenters. The van der Waals surface area contributed by atoms with Crippen molar-refractivity contribution in [3.63, 3.8) is 0 Å². The lowest BCUT2D eigenvalue weighted by Gasteiger charge is -2.15. The fourth-order valence-corrected chi connectivity index (χ4v) is 2.55. The Hall–Kier alpha value is -1.19. The van der Waals surface area contributed by atoms with Crippen LogP contribution in [0.3, 0.4) is 0 Å². The molecule has 0 aromatic rings. The Kier molecular flexibility index (Phi) is 2.82. The number of hydrogen-bond acceptors (Lipinski definition) is 3. The Morgan fingerprint density at radius 3 is 2.19 bits per heavy atom. The predicted octanol–water partition coefficient (Wildman–Crippen LogP) is 0.997. The smallest absolute Gasteiger partial charge is 0.233 e. The Labute approximate surface area is 95.0 Å². The second-order valence-corrected chi connectivity index (χ2v) is 5.03. The van der Waals surface area contributed by atoms with Gasteiger partial charge in [0, 0.05) is 5.92 Å². The first-order valence-corrected chi connectivity index (χ1v) is 5.90. The zero-order chi connectivity index (χ0) is 11.9. The van der Waals surface area contributed by atoms with Gasteiger partial charge in [0.05, 0.1) is 18.4 Å². The number of carbonyl (C=O) groups is 3. The van der Waals surface area contributed by atoms with Crippen molar-refractivity contribution in [1.29, 1.82) is 0 Å². The monoisotopic (exact) mass is 223 g/mol. The van der Waals surface area contributed by atoms with E-state index < -0.39 is 0 Å². The average Bonchev–Trinajstić information content (AvgIpc) is 2.78. The minimum atomic E-state index is -0.132. The molecule has 2 amide bonds. The maximum absolute atomic E-state index is 11.9. The van der Waals surface area contributed by atoms with E-state index in [4.69, 9.17) is 0 Å². The average molecular weight is 223 g/mol. The Morgan fingerprint density at radius 1 is 1.25 bits per heavy atom. The normalized spacial score (nSPS) is 29.1. The zero-order valence-electron chi connectivity index (χ0n) is 9.73. The highest BCUT2D eigenvalue weighted by Gasteiger charge is 2.49. The highest BCUT2D eigenvalue weighted by atomic mass is 16.2. The van der Waals surface area contributed by atoms with Crippen LogP contribution < -0.4 is 0 Å². The number of likely N-dealkylation sites (tertiary alicyclic amines) is 1. The molecule has 2 rings (SSSR count). The number of Topliss-reactive ketones (excluding diaryl/α,β-unsaturated/α-hetero) is 1. The summed E-state index contributed by atoms with van der Waals surface area (Å²) in [6.07, 6.45) is 2.57. The molecule has 1 heterocycles. The summed E-state index contributed by atoms with van der Waals surface area (Å²) in [5.41, 5.74) is 0. The molecule has 4 nitrogen and oxygen atoms in total. The van der Waals surface area contributed by atoms with Gasteiger partial charge < -0.3 is 0 Å². The second kappa shape index (κ2) is 4.00. The summed E-state index contributed by atoms with van der Waals surface area (Å²) in [6, 6.07) is 0. The van der Waals surface area contributed by atoms with Gasteiger partial charge in [-0.25, -0.2) is 0 Å². The molecule has 0 aromatic carbocycles. The van der Waals surface area contributed by atoms with Crippen molar-refractivity contribution in [1.82, 2.24) is 4.90 Å². The number of carbonyl (C=O) groups excluding carboxylic acids is 3. The second-order valence-electron chi connectivity index (χ2n) is 5.03. The van der Waals surface area contributed by atoms with Crippen LogP contribution in [0.25, 0.3) is 0 Å². The molecule has 2 fully saturated rings. The van der Waals surface area contributed by atoms with Crippen molar-refractivity contribution in [2.75, 3.05) is 6.54 Å². The summed E-state index contributed by atoms with van der Waals surface area (Å²) in [4.78, 5) is 36.6. The van der Waals surface area contributed by atoms with Crippen LogP contribution in [0.1, 0.15) is 33.1 Å². The fraction of sp³-hybridized carbons (Fsp3) is 0.750. The molecule has 0 N–H and O–H groups in total. The van der Waals surface area contributed by atoms with Crippen molar-refractivity contribution >= 4 is 17.6 Å². The summed E-state index contributed by atoms with van der Waals surface area (Å²) in [6.45, 7) is 3.55. The van der Waals surface area contributed by atoms with Crippen LogP contribution in [0.15, 0.2) is 0 Å². The SMILES string of the molecule is CC(C)C(=O)CN1C(=O)C2CCCC2C1=O. The molecule has 4 heteroatoms. The number of ketones is 1. The maximum atomic E-state index is 11.9. The summed E-state index contributed by atoms with van der Waals surface area (Å²) in [7, 11) is 0. The lowest BCUT2D eigenvalue weighted by Crippen LogP contribution is -2.37. The number of imide groups is 1. The molecule has 1 saturated heterocycles. The quantitative estimate of drug-likeness (QED) is 0.671. The van der Waals surface area contributed by atoms with Gasteiger partial charge in [-0.3, -0.25) is 19.3 Å². The predicted molar refractivity (Wildman–Crippen MR) is 57.4 cm³/mol. The molecule has 16 heavy (non-hydrogen) atoms. The maximum Gasteiger partial charge on any atom is 0.233 e. The number of fused-ring (bicyclic) bond motifs is 1. The summed E-state index contributed by atoms with van der Waals surface area (Å²) in [5, 5.41) is 0. The van der Waals surface area contributed by atoms with E-state index in [0.29, 0.717) is 0 Å². The van der Waals surface area contributed by atoms with E-state index in [1.54, 1.807) is 13.8 Å². The molecule has 2 aliphatic rings. The first kappa shape index (κ1) is 11.3. The van der Waals surface area contributed by atoms with Gasteiger partial charge in [-0.2, -0.15) is 0 Å². The summed E-state index contributed by atoms with van der Waals surface area (Å²) < 4.78 is 0. The molecule has 1 saturated carbocycles. The van der Waals surface area contributed by atoms with Gasteiger partial charge in [-0.15, -0.1) is 0 Å². The molecule has 0 spiro atoms. The van der Waals surface area contributed by atoms with Crippen LogP contribution in [-0.2, 0) is 14.4 Å². The van der Waals surface area contributed by atoms with E-state index in [1.807, 2.05) is 0 Å². The van der Waals surface area contributed by atoms with E-state index in [-0.39, 0.29) is 41.9 Å². The fourth-order valence-electron chi connectivity index (χ4n) is 2.55. The van der Waals surface area contributed by atoms with Gasteiger partial charge in [0.15, 0.2) is 5.78 Å². The minimum absolute atomic E-state index is 0.0255. The van der Waals surface area contributed by atoms with E-state index in [1.165, 1.54) is 4.90 Å². The molecule has 1 aliphatic carbocycles. The highest BCUT2D eigenvalue weighted by Crippen LogP contribution is 2.39. The van der Waals surface area contributed by atoms with Gasteiger partial charge in [-0.05, 0) is 12.8 Å². The third kappa shape index (κ3) is 1.66. The van der Waals surface area contributed by atoms with Crippen LogP contribution in [0, 0.1) is 17.8 Å². The summed E-state index contributed by atoms with van der Waals surface area (Å²) in [5.74, 6) is -0.675. The van der Waals surface area contributed by atoms with Gasteiger partial charge >= 0.3 is 0 Å². The van der Waals surface area contributed by atoms with Crippen molar-refractivity contribution in [2.45, 2.75) is 33.1 Å². The zero-order valence-corrected chi connectivity index (χ0v) is 9.73. The van der Waals surface area contributed by atoms with Crippen LogP contribution >= 0.6 is 0 Å². The highest BCUT2D eigenvalue weighted by molar-refractivity contribution is 6.07. The van der Waals surface area contributed by atoms with Crippen LogP contribution in [0.4, 0.5) is 0 Å². The van der Waals surface area contributed by atoms with Crippen LogP contribution in [0.2, 0.25) is 0 Å². The van der Waals surface area contributed by atoms with E-state index in [0.717, 1.165) is 19.3 Å². The summed E-state index contributed by atoms with van der Waals surface area (Å²) >= 11 is 0. The standard InChI is InChI=1S/C12H17NO3/c1-7(2)10(14)6-13-11(15)8-4-3-5-9(8)12(13)16/h7-9H,3-6H2,1-2H3. The lowest BCUT2D eigenvalue weighted by molar-refractivity contribution is -0.144. The Morgan fingerprint density at radius 2 is 1.75 bits per heavy atom.